The lowest BCUT2D eigenvalue weighted by Gasteiger charge is -2.24. The monoisotopic (exact) mass is 793 g/mol. The largest absolute Gasteiger partial charge is 0.507 e. The molecule has 0 saturated heterocycles. The zero-order valence-corrected chi connectivity index (χ0v) is 36.0. The van der Waals surface area contributed by atoms with E-state index in [2.05, 4.69) is 217 Å². The Morgan fingerprint density at radius 2 is 1.10 bits per heavy atom. The SMILES string of the molecule is Cc1cc(-c2nc3c(-c4cc(-c5ccccc5)cc(-c5cc(-c6ccccc6)ccn5)c4)cccc3n2-c2ccc(C(C)(C)C)cc2-c2ccccc2)c(O)c(C(C)(C)C)c1. The second kappa shape index (κ2) is 15.5. The van der Waals surface area contributed by atoms with Crippen molar-refractivity contribution >= 4 is 11.0 Å². The van der Waals surface area contributed by atoms with Crippen LogP contribution in [0, 0.1) is 6.92 Å². The number of hydrogen-bond donors (Lipinski definition) is 1. The molecule has 1 N–H and O–H groups in total. The van der Waals surface area contributed by atoms with Gasteiger partial charge in [-0.2, -0.15) is 0 Å². The highest BCUT2D eigenvalue weighted by Crippen LogP contribution is 2.45. The van der Waals surface area contributed by atoms with Crippen molar-refractivity contribution in [1.29, 1.82) is 0 Å². The van der Waals surface area contributed by atoms with Crippen molar-refractivity contribution < 1.29 is 5.11 Å². The molecule has 0 aliphatic rings. The van der Waals surface area contributed by atoms with Gasteiger partial charge in [0.05, 0.1) is 28.0 Å². The molecule has 0 spiro atoms. The fraction of sp³-hybridized carbons (Fsp3) is 0.158. The highest BCUT2D eigenvalue weighted by atomic mass is 16.3. The third kappa shape index (κ3) is 7.66. The molecule has 4 nitrogen and oxygen atoms in total. The third-order valence-electron chi connectivity index (χ3n) is 11.7. The molecule has 2 aromatic heterocycles. The summed E-state index contributed by atoms with van der Waals surface area (Å²) in [7, 11) is 0. The summed E-state index contributed by atoms with van der Waals surface area (Å²) in [6.45, 7) is 15.3. The van der Waals surface area contributed by atoms with Gasteiger partial charge in [0.1, 0.15) is 11.6 Å². The van der Waals surface area contributed by atoms with Gasteiger partial charge in [-0.25, -0.2) is 4.98 Å². The molecule has 9 rings (SSSR count). The van der Waals surface area contributed by atoms with Crippen molar-refractivity contribution in [2.75, 3.05) is 0 Å². The summed E-state index contributed by atoms with van der Waals surface area (Å²) in [6, 6.07) is 60.0. The first-order valence-electron chi connectivity index (χ1n) is 21.1. The maximum Gasteiger partial charge on any atom is 0.149 e. The second-order valence-corrected chi connectivity index (χ2v) is 18.2. The minimum absolute atomic E-state index is 0.0670. The maximum atomic E-state index is 12.3. The first kappa shape index (κ1) is 39.4. The van der Waals surface area contributed by atoms with Crippen LogP contribution >= 0.6 is 0 Å². The van der Waals surface area contributed by atoms with Gasteiger partial charge in [-0.3, -0.25) is 9.55 Å². The number of phenolic OH excluding ortho intramolecular Hbond substituents is 1. The summed E-state index contributed by atoms with van der Waals surface area (Å²) in [5, 5.41) is 12.3. The Morgan fingerprint density at radius 3 is 1.75 bits per heavy atom. The number of aromatic hydroxyl groups is 1. The summed E-state index contributed by atoms with van der Waals surface area (Å²) >= 11 is 0. The number of benzene rings is 7. The molecule has 0 radical (unpaired) electrons. The van der Waals surface area contributed by atoms with Gasteiger partial charge in [0.2, 0.25) is 0 Å². The summed E-state index contributed by atoms with van der Waals surface area (Å²) in [6.07, 6.45) is 1.90. The van der Waals surface area contributed by atoms with Gasteiger partial charge < -0.3 is 5.11 Å². The lowest BCUT2D eigenvalue weighted by atomic mass is 9.84. The predicted molar refractivity (Wildman–Crippen MR) is 255 cm³/mol. The fourth-order valence-electron chi connectivity index (χ4n) is 8.45. The number of hydrogen-bond acceptors (Lipinski definition) is 3. The Kier molecular flexibility index (Phi) is 10.0. The minimum atomic E-state index is -0.295. The lowest BCUT2D eigenvalue weighted by Crippen LogP contribution is -2.13. The Morgan fingerprint density at radius 1 is 0.475 bits per heavy atom. The molecule has 0 fully saturated rings. The van der Waals surface area contributed by atoms with Crippen LogP contribution in [0.5, 0.6) is 5.75 Å². The summed E-state index contributed by atoms with van der Waals surface area (Å²) in [5.74, 6) is 0.938. The normalized spacial score (nSPS) is 11.9. The van der Waals surface area contributed by atoms with Crippen LogP contribution in [-0.2, 0) is 10.8 Å². The maximum absolute atomic E-state index is 12.3. The van der Waals surface area contributed by atoms with Crippen molar-refractivity contribution in [2.24, 2.45) is 0 Å². The van der Waals surface area contributed by atoms with E-state index in [-0.39, 0.29) is 16.6 Å². The van der Waals surface area contributed by atoms with E-state index < -0.39 is 0 Å². The molecule has 7 aromatic carbocycles. The fourth-order valence-corrected chi connectivity index (χ4v) is 8.45. The molecule has 0 aliphatic carbocycles. The molecular weight excluding hydrogens is 743 g/mol. The van der Waals surface area contributed by atoms with E-state index >= 15 is 0 Å². The zero-order valence-electron chi connectivity index (χ0n) is 36.0. The number of fused-ring (bicyclic) bond motifs is 1. The average molecular weight is 794 g/mol. The summed E-state index contributed by atoms with van der Waals surface area (Å²) < 4.78 is 2.27. The van der Waals surface area contributed by atoms with Crippen LogP contribution in [0.3, 0.4) is 0 Å². The van der Waals surface area contributed by atoms with E-state index in [0.717, 1.165) is 83.6 Å². The molecule has 300 valence electrons. The first-order valence-corrected chi connectivity index (χ1v) is 21.1. The van der Waals surface area contributed by atoms with Crippen LogP contribution in [0.1, 0.15) is 58.2 Å². The van der Waals surface area contributed by atoms with E-state index in [4.69, 9.17) is 9.97 Å². The highest BCUT2D eigenvalue weighted by molar-refractivity contribution is 5.98. The Balaban J connectivity index is 1.35. The highest BCUT2D eigenvalue weighted by Gasteiger charge is 2.27. The minimum Gasteiger partial charge on any atom is -0.507 e. The number of phenols is 1. The van der Waals surface area contributed by atoms with E-state index in [1.54, 1.807) is 0 Å². The molecule has 0 aliphatic heterocycles. The van der Waals surface area contributed by atoms with Crippen molar-refractivity contribution in [3.63, 3.8) is 0 Å². The number of aromatic nitrogens is 3. The van der Waals surface area contributed by atoms with Crippen molar-refractivity contribution in [2.45, 2.75) is 59.3 Å². The molecule has 9 aromatic rings. The molecule has 61 heavy (non-hydrogen) atoms. The average Bonchev–Trinajstić information content (AvgIpc) is 3.66. The topological polar surface area (TPSA) is 50.9 Å². The van der Waals surface area contributed by atoms with E-state index in [0.29, 0.717) is 11.4 Å². The number of nitrogens with zero attached hydrogens (tertiary/aromatic N) is 3. The predicted octanol–water partition coefficient (Wildman–Crippen LogP) is 15.0. The smallest absolute Gasteiger partial charge is 0.149 e. The van der Waals surface area contributed by atoms with Crippen LogP contribution in [0.4, 0.5) is 0 Å². The van der Waals surface area contributed by atoms with Crippen LogP contribution in [0.2, 0.25) is 0 Å². The van der Waals surface area contributed by atoms with Crippen LogP contribution in [0.25, 0.3) is 83.9 Å². The van der Waals surface area contributed by atoms with Gasteiger partial charge >= 0.3 is 0 Å². The molecule has 0 amide bonds. The molecule has 0 saturated carbocycles. The number of imidazole rings is 1. The first-order chi connectivity index (χ1) is 29.3. The lowest BCUT2D eigenvalue weighted by molar-refractivity contribution is 0.448. The van der Waals surface area contributed by atoms with Gasteiger partial charge in [0, 0.05) is 28.5 Å². The van der Waals surface area contributed by atoms with Gasteiger partial charge in [-0.15, -0.1) is 0 Å². The van der Waals surface area contributed by atoms with Crippen molar-refractivity contribution in [3.05, 3.63) is 193 Å². The zero-order chi connectivity index (χ0) is 42.5. The molecular formula is C57H51N3O. The van der Waals surface area contributed by atoms with E-state index in [1.807, 2.05) is 12.3 Å². The van der Waals surface area contributed by atoms with Gasteiger partial charge in [-0.1, -0.05) is 157 Å². The number of para-hydroxylation sites is 1. The number of pyridine rings is 1. The number of rotatable bonds is 7. The standard InChI is InChI=1S/C57H51N3O/c1-37-30-48(54(61)49(31-37)57(5,6)7)55-59-53-46(24-17-25-52(53)60(55)51-27-26-45(56(2,3)4)36-47(51)40-22-15-10-16-23-40)43-32-42(39-20-13-9-14-21-39)33-44(34-43)50-35-41(28-29-58-50)38-18-11-8-12-19-38/h8-36,61H,1-7H3. The second-order valence-electron chi connectivity index (χ2n) is 18.2. The Hall–Kier alpha value is -7.04. The molecule has 4 heteroatoms. The molecule has 0 unspecified atom stereocenters. The van der Waals surface area contributed by atoms with E-state index in [9.17, 15) is 5.11 Å². The summed E-state index contributed by atoms with van der Waals surface area (Å²) in [4.78, 5) is 10.5. The third-order valence-corrected chi connectivity index (χ3v) is 11.7. The summed E-state index contributed by atoms with van der Waals surface area (Å²) in [5.41, 5.74) is 16.9. The van der Waals surface area contributed by atoms with E-state index in [1.165, 1.54) is 5.56 Å². The van der Waals surface area contributed by atoms with Gasteiger partial charge in [0.25, 0.3) is 0 Å². The van der Waals surface area contributed by atoms with Gasteiger partial charge in [0.15, 0.2) is 0 Å². The quantitative estimate of drug-likeness (QED) is 0.175. The Bertz CT molecular complexity index is 3040. The van der Waals surface area contributed by atoms with Crippen molar-refractivity contribution in [3.8, 4) is 78.6 Å². The molecule has 0 bridgehead atoms. The molecule has 2 heterocycles. The Labute approximate surface area is 359 Å². The van der Waals surface area contributed by atoms with Crippen LogP contribution in [0.15, 0.2) is 176 Å². The van der Waals surface area contributed by atoms with Crippen LogP contribution in [-0.4, -0.2) is 19.6 Å². The molecule has 0 atom stereocenters. The van der Waals surface area contributed by atoms with Crippen molar-refractivity contribution in [1.82, 2.24) is 14.5 Å². The number of aryl methyl sites for hydroxylation is 1. The van der Waals surface area contributed by atoms with Crippen LogP contribution < -0.4 is 0 Å². The van der Waals surface area contributed by atoms with Gasteiger partial charge in [-0.05, 0) is 117 Å².